The van der Waals surface area contributed by atoms with Crippen molar-refractivity contribution in [2.24, 2.45) is 5.92 Å². The Hall–Kier alpha value is -2.60. The summed E-state index contributed by atoms with van der Waals surface area (Å²) in [6.45, 7) is 3.58. The first-order chi connectivity index (χ1) is 11.8. The maximum absolute atomic E-state index is 12.0. The third kappa shape index (κ3) is 3.19. The number of rotatable bonds is 5. The van der Waals surface area contributed by atoms with Crippen LogP contribution in [-0.4, -0.2) is 45.4 Å². The molecule has 2 aromatic heterocycles. The van der Waals surface area contributed by atoms with Gasteiger partial charge < -0.3 is 15.3 Å². The molecular weight excluding hydrogens is 302 g/mol. The molecule has 24 heavy (non-hydrogen) atoms. The van der Waals surface area contributed by atoms with E-state index in [0.717, 1.165) is 42.9 Å². The van der Waals surface area contributed by atoms with Crippen LogP contribution in [0, 0.1) is 5.92 Å². The predicted molar refractivity (Wildman–Crippen MR) is 92.6 cm³/mol. The number of aromatic nitrogens is 3. The molecule has 3 heterocycles. The Bertz CT molecular complexity index is 790. The number of benzene rings is 1. The SMILES string of the molecule is O=C(NCC1CCN(Cc2nc3ccccc3[nH]2)C1)c1ccc[nH]1. The molecule has 1 atom stereocenters. The first-order valence-corrected chi connectivity index (χ1v) is 8.35. The highest BCUT2D eigenvalue weighted by Crippen LogP contribution is 2.19. The molecule has 6 heteroatoms. The molecule has 0 radical (unpaired) electrons. The fourth-order valence-electron chi connectivity index (χ4n) is 3.32. The van der Waals surface area contributed by atoms with Gasteiger partial charge in [-0.15, -0.1) is 0 Å². The minimum Gasteiger partial charge on any atom is -0.357 e. The van der Waals surface area contributed by atoms with Gasteiger partial charge in [-0.3, -0.25) is 9.69 Å². The lowest BCUT2D eigenvalue weighted by Gasteiger charge is -2.14. The van der Waals surface area contributed by atoms with Crippen molar-refractivity contribution >= 4 is 16.9 Å². The van der Waals surface area contributed by atoms with Crippen LogP contribution in [-0.2, 0) is 6.54 Å². The van der Waals surface area contributed by atoms with E-state index in [0.29, 0.717) is 18.2 Å². The Balaban J connectivity index is 1.29. The number of hydrogen-bond donors (Lipinski definition) is 3. The molecule has 1 aliphatic heterocycles. The van der Waals surface area contributed by atoms with Crippen LogP contribution in [0.3, 0.4) is 0 Å². The first kappa shape index (κ1) is 15.0. The number of carbonyl (C=O) groups is 1. The van der Waals surface area contributed by atoms with Crippen molar-refractivity contribution in [2.45, 2.75) is 13.0 Å². The zero-order chi connectivity index (χ0) is 16.4. The molecular formula is C18H21N5O. The van der Waals surface area contributed by atoms with Gasteiger partial charge in [-0.2, -0.15) is 0 Å². The van der Waals surface area contributed by atoms with E-state index in [1.165, 1.54) is 0 Å². The molecule has 1 unspecified atom stereocenters. The van der Waals surface area contributed by atoms with Gasteiger partial charge in [0.2, 0.25) is 0 Å². The number of aromatic amines is 2. The van der Waals surface area contributed by atoms with Gasteiger partial charge in [-0.05, 0) is 43.1 Å². The summed E-state index contributed by atoms with van der Waals surface area (Å²) in [7, 11) is 0. The van der Waals surface area contributed by atoms with Gasteiger partial charge in [-0.25, -0.2) is 4.98 Å². The molecule has 6 nitrogen and oxygen atoms in total. The number of amides is 1. The lowest BCUT2D eigenvalue weighted by molar-refractivity contribution is 0.0943. The van der Waals surface area contributed by atoms with Crippen molar-refractivity contribution in [3.63, 3.8) is 0 Å². The van der Waals surface area contributed by atoms with Crippen LogP contribution in [0.25, 0.3) is 11.0 Å². The number of hydrogen-bond acceptors (Lipinski definition) is 3. The smallest absolute Gasteiger partial charge is 0.267 e. The summed E-state index contributed by atoms with van der Waals surface area (Å²) in [4.78, 5) is 25.3. The van der Waals surface area contributed by atoms with E-state index < -0.39 is 0 Å². The number of nitrogens with zero attached hydrogens (tertiary/aromatic N) is 2. The molecule has 0 aliphatic carbocycles. The van der Waals surface area contributed by atoms with Crippen LogP contribution >= 0.6 is 0 Å². The summed E-state index contributed by atoms with van der Waals surface area (Å²) in [5, 5.41) is 3.01. The minimum atomic E-state index is -0.0317. The van der Waals surface area contributed by atoms with E-state index in [4.69, 9.17) is 0 Å². The van der Waals surface area contributed by atoms with Crippen molar-refractivity contribution in [3.8, 4) is 0 Å². The fourth-order valence-corrected chi connectivity index (χ4v) is 3.32. The van der Waals surface area contributed by atoms with Gasteiger partial charge in [0.1, 0.15) is 11.5 Å². The standard InChI is InChI=1S/C18H21N5O/c24-18(16-6-3-8-19-16)20-10-13-7-9-23(11-13)12-17-21-14-4-1-2-5-15(14)22-17/h1-6,8,13,19H,7,9-12H2,(H,20,24)(H,21,22). The van der Waals surface area contributed by atoms with Crippen molar-refractivity contribution < 1.29 is 4.79 Å². The molecule has 0 spiro atoms. The topological polar surface area (TPSA) is 76.8 Å². The van der Waals surface area contributed by atoms with Crippen molar-refractivity contribution in [1.82, 2.24) is 25.2 Å². The van der Waals surface area contributed by atoms with Crippen LogP contribution < -0.4 is 5.32 Å². The number of imidazole rings is 1. The molecule has 1 amide bonds. The molecule has 3 N–H and O–H groups in total. The van der Waals surface area contributed by atoms with E-state index in [2.05, 4.69) is 31.2 Å². The number of carbonyl (C=O) groups excluding carboxylic acids is 1. The van der Waals surface area contributed by atoms with Gasteiger partial charge in [0, 0.05) is 19.3 Å². The van der Waals surface area contributed by atoms with E-state index in [1.807, 2.05) is 24.3 Å². The molecule has 3 aromatic rings. The Morgan fingerprint density at radius 3 is 3.04 bits per heavy atom. The second-order valence-corrected chi connectivity index (χ2v) is 6.38. The van der Waals surface area contributed by atoms with Crippen LogP contribution in [0.5, 0.6) is 0 Å². The third-order valence-corrected chi connectivity index (χ3v) is 4.58. The zero-order valence-corrected chi connectivity index (χ0v) is 13.5. The second-order valence-electron chi connectivity index (χ2n) is 6.38. The lowest BCUT2D eigenvalue weighted by Crippen LogP contribution is -2.31. The first-order valence-electron chi connectivity index (χ1n) is 8.35. The minimum absolute atomic E-state index is 0.0317. The van der Waals surface area contributed by atoms with Gasteiger partial charge >= 0.3 is 0 Å². The number of para-hydroxylation sites is 2. The van der Waals surface area contributed by atoms with Gasteiger partial charge in [-0.1, -0.05) is 12.1 Å². The molecule has 1 aromatic carbocycles. The van der Waals surface area contributed by atoms with Gasteiger partial charge in [0.15, 0.2) is 0 Å². The maximum Gasteiger partial charge on any atom is 0.267 e. The largest absolute Gasteiger partial charge is 0.357 e. The molecule has 1 saturated heterocycles. The third-order valence-electron chi connectivity index (χ3n) is 4.58. The summed E-state index contributed by atoms with van der Waals surface area (Å²) in [5.41, 5.74) is 2.72. The summed E-state index contributed by atoms with van der Waals surface area (Å²) in [6.07, 6.45) is 2.87. The predicted octanol–water partition coefficient (Wildman–Crippen LogP) is 2.14. The van der Waals surface area contributed by atoms with E-state index >= 15 is 0 Å². The molecule has 4 rings (SSSR count). The normalized spacial score (nSPS) is 18.2. The van der Waals surface area contributed by atoms with E-state index in [-0.39, 0.29) is 5.91 Å². The van der Waals surface area contributed by atoms with E-state index in [1.54, 1.807) is 12.3 Å². The van der Waals surface area contributed by atoms with E-state index in [9.17, 15) is 4.79 Å². The highest BCUT2D eigenvalue weighted by Gasteiger charge is 2.23. The van der Waals surface area contributed by atoms with Crippen LogP contribution in [0.1, 0.15) is 22.7 Å². The molecule has 0 bridgehead atoms. The molecule has 124 valence electrons. The maximum atomic E-state index is 12.0. The number of nitrogens with one attached hydrogen (secondary N) is 3. The number of likely N-dealkylation sites (tertiary alicyclic amines) is 1. The van der Waals surface area contributed by atoms with Crippen LogP contribution in [0.4, 0.5) is 0 Å². The summed E-state index contributed by atoms with van der Waals surface area (Å²) in [5.74, 6) is 1.47. The van der Waals surface area contributed by atoms with Crippen LogP contribution in [0.15, 0.2) is 42.6 Å². The average molecular weight is 323 g/mol. The van der Waals surface area contributed by atoms with Gasteiger partial charge in [0.25, 0.3) is 5.91 Å². The molecule has 0 saturated carbocycles. The Kier molecular flexibility index (Phi) is 4.04. The van der Waals surface area contributed by atoms with Crippen molar-refractivity contribution in [3.05, 3.63) is 54.1 Å². The number of fused-ring (bicyclic) bond motifs is 1. The average Bonchev–Trinajstić information content (AvgIpc) is 3.33. The van der Waals surface area contributed by atoms with Crippen molar-refractivity contribution in [1.29, 1.82) is 0 Å². The summed E-state index contributed by atoms with van der Waals surface area (Å²) in [6, 6.07) is 11.7. The highest BCUT2D eigenvalue weighted by molar-refractivity contribution is 5.92. The lowest BCUT2D eigenvalue weighted by atomic mass is 10.1. The highest BCUT2D eigenvalue weighted by atomic mass is 16.1. The second kappa shape index (κ2) is 6.49. The monoisotopic (exact) mass is 323 g/mol. The molecule has 1 aliphatic rings. The van der Waals surface area contributed by atoms with Crippen molar-refractivity contribution in [2.75, 3.05) is 19.6 Å². The Morgan fingerprint density at radius 1 is 1.29 bits per heavy atom. The Morgan fingerprint density at radius 2 is 2.21 bits per heavy atom. The number of H-pyrrole nitrogens is 2. The quantitative estimate of drug-likeness (QED) is 0.673. The zero-order valence-electron chi connectivity index (χ0n) is 13.5. The fraction of sp³-hybridized carbons (Fsp3) is 0.333. The summed E-state index contributed by atoms with van der Waals surface area (Å²) >= 11 is 0. The Labute approximate surface area is 140 Å². The summed E-state index contributed by atoms with van der Waals surface area (Å²) < 4.78 is 0. The van der Waals surface area contributed by atoms with Gasteiger partial charge in [0.05, 0.1) is 17.6 Å². The van der Waals surface area contributed by atoms with Crippen LogP contribution in [0.2, 0.25) is 0 Å². The molecule has 1 fully saturated rings.